The third kappa shape index (κ3) is 3.57. The smallest absolute Gasteiger partial charge is 0.417 e. The fourth-order valence-corrected chi connectivity index (χ4v) is 1.44. The van der Waals surface area contributed by atoms with Crippen molar-refractivity contribution >= 4 is 5.97 Å². The summed E-state index contributed by atoms with van der Waals surface area (Å²) >= 11 is 0. The van der Waals surface area contributed by atoms with E-state index in [0.29, 0.717) is 16.8 Å². The van der Waals surface area contributed by atoms with Crippen molar-refractivity contribution in [3.8, 4) is 0 Å². The first-order chi connectivity index (χ1) is 8.58. The molecular formula is C11H12F3NO4. The van der Waals surface area contributed by atoms with Gasteiger partial charge in [-0.05, 0) is 13.0 Å². The molecule has 0 fully saturated rings. The second kappa shape index (κ2) is 5.04. The summed E-state index contributed by atoms with van der Waals surface area (Å²) in [5, 5.41) is 9.74. The Balaban J connectivity index is 3.15. The average Bonchev–Trinajstić information content (AvgIpc) is 2.29. The summed E-state index contributed by atoms with van der Waals surface area (Å²) in [5.74, 6) is -1.04. The highest BCUT2D eigenvalue weighted by atomic mass is 19.4. The third-order valence-electron chi connectivity index (χ3n) is 2.41. The Kier molecular flexibility index (Phi) is 4.04. The molecule has 1 N–H and O–H groups in total. The number of esters is 1. The molecule has 5 nitrogen and oxygen atoms in total. The van der Waals surface area contributed by atoms with Crippen LogP contribution in [0.1, 0.15) is 12.5 Å². The molecule has 1 aromatic rings. The lowest BCUT2D eigenvalue weighted by atomic mass is 10.1. The van der Waals surface area contributed by atoms with Crippen LogP contribution >= 0.6 is 0 Å². The maximum absolute atomic E-state index is 12.5. The Labute approximate surface area is 106 Å². The molecule has 106 valence electrons. The topological polar surface area (TPSA) is 68.5 Å². The van der Waals surface area contributed by atoms with Crippen LogP contribution in [0, 0.1) is 0 Å². The van der Waals surface area contributed by atoms with Crippen LogP contribution in [0.15, 0.2) is 23.1 Å². The van der Waals surface area contributed by atoms with Gasteiger partial charge in [0, 0.05) is 12.3 Å². The molecule has 1 heterocycles. The van der Waals surface area contributed by atoms with E-state index in [0.717, 1.165) is 20.1 Å². The molecule has 0 bridgehead atoms. The minimum absolute atomic E-state index is 0.541. The number of carbonyl (C=O) groups excluding carboxylic acids is 1. The van der Waals surface area contributed by atoms with Crippen LogP contribution in [0.5, 0.6) is 0 Å². The van der Waals surface area contributed by atoms with Gasteiger partial charge in [-0.25, -0.2) is 4.79 Å². The number of aromatic nitrogens is 1. The number of ether oxygens (including phenoxy) is 1. The zero-order valence-corrected chi connectivity index (χ0v) is 10.2. The van der Waals surface area contributed by atoms with E-state index < -0.39 is 35.4 Å². The summed E-state index contributed by atoms with van der Waals surface area (Å²) in [7, 11) is 1.02. The van der Waals surface area contributed by atoms with Crippen molar-refractivity contribution in [1.82, 2.24) is 4.57 Å². The summed E-state index contributed by atoms with van der Waals surface area (Å²) < 4.78 is 42.4. The molecule has 0 radical (unpaired) electrons. The molecule has 8 heteroatoms. The molecule has 1 atom stereocenters. The van der Waals surface area contributed by atoms with Crippen LogP contribution in [0.2, 0.25) is 0 Å². The van der Waals surface area contributed by atoms with E-state index in [1.54, 1.807) is 0 Å². The first kappa shape index (κ1) is 15.2. The van der Waals surface area contributed by atoms with Crippen LogP contribution in [-0.4, -0.2) is 28.4 Å². The van der Waals surface area contributed by atoms with E-state index in [1.807, 2.05) is 0 Å². The van der Waals surface area contributed by atoms with Crippen LogP contribution in [0.3, 0.4) is 0 Å². The normalized spacial score (nSPS) is 14.8. The molecule has 0 saturated heterocycles. The fourth-order valence-electron chi connectivity index (χ4n) is 1.44. The van der Waals surface area contributed by atoms with Gasteiger partial charge < -0.3 is 14.4 Å². The van der Waals surface area contributed by atoms with Crippen molar-refractivity contribution in [1.29, 1.82) is 0 Å². The number of methoxy groups -OCH3 is 1. The standard InChI is InChI=1S/C11H12F3NO4/c1-10(18,9(17)19-2)6-15-5-7(11(12,13)14)3-4-8(15)16/h3-5,18H,6H2,1-2H3. The zero-order valence-electron chi connectivity index (χ0n) is 10.2. The molecule has 0 aromatic carbocycles. The number of pyridine rings is 1. The summed E-state index contributed by atoms with van der Waals surface area (Å²) in [6.07, 6.45) is -4.08. The highest BCUT2D eigenvalue weighted by molar-refractivity contribution is 5.78. The van der Waals surface area contributed by atoms with Gasteiger partial charge in [0.05, 0.1) is 19.2 Å². The highest BCUT2D eigenvalue weighted by Gasteiger charge is 2.34. The second-order valence-electron chi connectivity index (χ2n) is 4.15. The van der Waals surface area contributed by atoms with E-state index in [-0.39, 0.29) is 0 Å². The number of halogens is 3. The van der Waals surface area contributed by atoms with E-state index in [1.165, 1.54) is 0 Å². The lowest BCUT2D eigenvalue weighted by molar-refractivity contribution is -0.161. The van der Waals surface area contributed by atoms with Gasteiger partial charge in [-0.2, -0.15) is 13.2 Å². The van der Waals surface area contributed by atoms with Crippen molar-refractivity contribution in [2.45, 2.75) is 25.2 Å². The van der Waals surface area contributed by atoms with Crippen LogP contribution < -0.4 is 5.56 Å². The summed E-state index contributed by atoms with van der Waals surface area (Å²) in [5.41, 5.74) is -3.91. The molecule has 0 aliphatic heterocycles. The molecule has 1 rings (SSSR count). The molecule has 1 unspecified atom stereocenters. The molecule has 0 spiro atoms. The Morgan fingerprint density at radius 2 is 2.00 bits per heavy atom. The van der Waals surface area contributed by atoms with Crippen LogP contribution in [0.4, 0.5) is 13.2 Å². The largest absolute Gasteiger partial charge is 0.467 e. The quantitative estimate of drug-likeness (QED) is 0.831. The third-order valence-corrected chi connectivity index (χ3v) is 2.41. The van der Waals surface area contributed by atoms with E-state index >= 15 is 0 Å². The lowest BCUT2D eigenvalue weighted by Crippen LogP contribution is -2.43. The fraction of sp³-hybridized carbons (Fsp3) is 0.455. The van der Waals surface area contributed by atoms with Gasteiger partial charge in [-0.15, -0.1) is 0 Å². The Bertz CT molecular complexity index is 533. The predicted molar refractivity (Wildman–Crippen MR) is 58.3 cm³/mol. The molecule has 0 aliphatic carbocycles. The Morgan fingerprint density at radius 3 is 2.47 bits per heavy atom. The van der Waals surface area contributed by atoms with Gasteiger partial charge in [-0.3, -0.25) is 4.79 Å². The number of carbonyl (C=O) groups is 1. The number of nitrogens with zero attached hydrogens (tertiary/aromatic N) is 1. The maximum Gasteiger partial charge on any atom is 0.417 e. The van der Waals surface area contributed by atoms with Gasteiger partial charge in [0.1, 0.15) is 0 Å². The van der Waals surface area contributed by atoms with Crippen molar-refractivity contribution in [3.05, 3.63) is 34.2 Å². The van der Waals surface area contributed by atoms with Crippen LogP contribution in [0.25, 0.3) is 0 Å². The summed E-state index contributed by atoms with van der Waals surface area (Å²) in [6.45, 7) is 0.411. The highest BCUT2D eigenvalue weighted by Crippen LogP contribution is 2.28. The monoisotopic (exact) mass is 279 g/mol. The van der Waals surface area contributed by atoms with E-state index in [4.69, 9.17) is 0 Å². The molecular weight excluding hydrogens is 267 g/mol. The van der Waals surface area contributed by atoms with Crippen molar-refractivity contribution < 1.29 is 27.8 Å². The first-order valence-electron chi connectivity index (χ1n) is 5.16. The SMILES string of the molecule is COC(=O)C(C)(O)Cn1cc(C(F)(F)F)ccc1=O. The van der Waals surface area contributed by atoms with E-state index in [9.17, 15) is 27.9 Å². The molecule has 19 heavy (non-hydrogen) atoms. The Hall–Kier alpha value is -1.83. The summed E-state index contributed by atoms with van der Waals surface area (Å²) in [4.78, 5) is 22.6. The zero-order chi connectivity index (χ0) is 14.8. The molecule has 1 aromatic heterocycles. The second-order valence-corrected chi connectivity index (χ2v) is 4.15. The average molecular weight is 279 g/mol. The van der Waals surface area contributed by atoms with Gasteiger partial charge in [0.2, 0.25) is 0 Å². The number of rotatable bonds is 3. The van der Waals surface area contributed by atoms with Crippen molar-refractivity contribution in [2.75, 3.05) is 7.11 Å². The van der Waals surface area contributed by atoms with Gasteiger partial charge >= 0.3 is 12.1 Å². The molecule has 0 aliphatic rings. The lowest BCUT2D eigenvalue weighted by Gasteiger charge is -2.21. The predicted octanol–water partition coefficient (Wildman–Crippen LogP) is 0.791. The van der Waals surface area contributed by atoms with E-state index in [2.05, 4.69) is 4.74 Å². The van der Waals surface area contributed by atoms with Crippen molar-refractivity contribution in [3.63, 3.8) is 0 Å². The minimum atomic E-state index is -4.62. The number of aliphatic hydroxyl groups is 1. The Morgan fingerprint density at radius 1 is 1.42 bits per heavy atom. The number of alkyl halides is 3. The first-order valence-corrected chi connectivity index (χ1v) is 5.16. The number of hydrogen-bond donors (Lipinski definition) is 1. The van der Waals surface area contributed by atoms with Gasteiger partial charge in [0.25, 0.3) is 5.56 Å². The number of hydrogen-bond acceptors (Lipinski definition) is 4. The van der Waals surface area contributed by atoms with Gasteiger partial charge in [-0.1, -0.05) is 0 Å². The van der Waals surface area contributed by atoms with Crippen molar-refractivity contribution in [2.24, 2.45) is 0 Å². The molecule has 0 saturated carbocycles. The summed E-state index contributed by atoms with van der Waals surface area (Å²) in [6, 6.07) is 1.35. The molecule has 0 amide bonds. The van der Waals surface area contributed by atoms with Gasteiger partial charge in [0.15, 0.2) is 5.60 Å². The maximum atomic E-state index is 12.5. The van der Waals surface area contributed by atoms with Crippen LogP contribution in [-0.2, 0) is 22.3 Å². The minimum Gasteiger partial charge on any atom is -0.467 e.